The van der Waals surface area contributed by atoms with E-state index < -0.39 is 42.9 Å². The van der Waals surface area contributed by atoms with E-state index >= 15 is 0 Å². The lowest BCUT2D eigenvalue weighted by atomic mass is 10.1. The van der Waals surface area contributed by atoms with Crippen molar-refractivity contribution in [1.82, 2.24) is 5.32 Å². The third-order valence-corrected chi connectivity index (χ3v) is 6.11. The number of hydrogen-bond acceptors (Lipinski definition) is 4. The summed E-state index contributed by atoms with van der Waals surface area (Å²) in [5, 5.41) is 3.79. The second-order valence-electron chi connectivity index (χ2n) is 5.89. The summed E-state index contributed by atoms with van der Waals surface area (Å²) in [7, 11) is -4.84. The largest absolute Gasteiger partial charge is 0.459 e. The van der Waals surface area contributed by atoms with E-state index in [1.807, 2.05) is 0 Å². The summed E-state index contributed by atoms with van der Waals surface area (Å²) >= 11 is 0. The number of furan rings is 1. The molecule has 1 aliphatic rings. The van der Waals surface area contributed by atoms with Crippen molar-refractivity contribution in [2.45, 2.75) is 22.8 Å². The number of fused-ring (bicyclic) bond motifs is 3. The molecule has 0 bridgehead atoms. The van der Waals surface area contributed by atoms with Crippen molar-refractivity contribution >= 4 is 20.8 Å². The van der Waals surface area contributed by atoms with Crippen molar-refractivity contribution in [2.75, 3.05) is 6.54 Å². The molecule has 4 nitrogen and oxygen atoms in total. The van der Waals surface area contributed by atoms with Gasteiger partial charge in [0.15, 0.2) is 23.3 Å². The summed E-state index contributed by atoms with van der Waals surface area (Å²) in [6.07, 6.45) is 0.687. The van der Waals surface area contributed by atoms with Crippen molar-refractivity contribution in [3.05, 3.63) is 58.9 Å². The predicted octanol–water partition coefficient (Wildman–Crippen LogP) is 3.47. The van der Waals surface area contributed by atoms with Crippen LogP contribution in [0.5, 0.6) is 0 Å². The molecule has 0 saturated heterocycles. The lowest BCUT2D eigenvalue weighted by Gasteiger charge is -2.10. The summed E-state index contributed by atoms with van der Waals surface area (Å²) in [5.74, 6) is -6.86. The van der Waals surface area contributed by atoms with Gasteiger partial charge in [0.1, 0.15) is 16.2 Å². The molecule has 1 N–H and O–H groups in total. The summed E-state index contributed by atoms with van der Waals surface area (Å²) < 4.78 is 85.5. The molecule has 26 heavy (non-hydrogen) atoms. The number of halogens is 4. The molecule has 2 heterocycles. The average Bonchev–Trinajstić information content (AvgIpc) is 2.98. The molecule has 0 saturated carbocycles. The Morgan fingerprint density at radius 1 is 1.00 bits per heavy atom. The van der Waals surface area contributed by atoms with Gasteiger partial charge in [-0.3, -0.25) is 0 Å². The highest BCUT2D eigenvalue weighted by molar-refractivity contribution is 7.91. The van der Waals surface area contributed by atoms with Gasteiger partial charge < -0.3 is 9.73 Å². The molecule has 1 aliphatic heterocycles. The highest BCUT2D eigenvalue weighted by Crippen LogP contribution is 2.34. The lowest BCUT2D eigenvalue weighted by molar-refractivity contribution is 0.419. The van der Waals surface area contributed by atoms with Gasteiger partial charge in [0.05, 0.1) is 11.4 Å². The monoisotopic (exact) mass is 385 g/mol. The lowest BCUT2D eigenvalue weighted by Crippen LogP contribution is -2.22. The maximum atomic E-state index is 13.9. The molecule has 0 spiro atoms. The molecule has 0 aliphatic carbocycles. The smallest absolute Gasteiger partial charge is 0.212 e. The van der Waals surface area contributed by atoms with Gasteiger partial charge in [0, 0.05) is 23.1 Å². The molecule has 2 aromatic carbocycles. The van der Waals surface area contributed by atoms with Gasteiger partial charge in [-0.1, -0.05) is 0 Å². The standard InChI is InChI=1S/C17H11F4NO3S/c18-11-6-12(19)16(21)17(15(11)20)26(23,24)8-1-2-9-10-3-4-22-7-14(10)25-13(9)5-8/h1-2,5-6,22H,3-4,7H2. The molecule has 0 fully saturated rings. The van der Waals surface area contributed by atoms with Crippen LogP contribution >= 0.6 is 0 Å². The predicted molar refractivity (Wildman–Crippen MR) is 83.4 cm³/mol. The Hall–Kier alpha value is -2.39. The first-order valence-corrected chi connectivity index (χ1v) is 9.12. The van der Waals surface area contributed by atoms with E-state index in [9.17, 15) is 26.0 Å². The Kier molecular flexibility index (Phi) is 3.81. The van der Waals surface area contributed by atoms with Crippen LogP contribution in [0.2, 0.25) is 0 Å². The number of rotatable bonds is 2. The van der Waals surface area contributed by atoms with E-state index in [1.54, 1.807) is 0 Å². The van der Waals surface area contributed by atoms with E-state index in [4.69, 9.17) is 4.42 Å². The van der Waals surface area contributed by atoms with Gasteiger partial charge in [0.2, 0.25) is 9.84 Å². The first-order valence-electron chi connectivity index (χ1n) is 7.64. The average molecular weight is 385 g/mol. The number of nitrogens with one attached hydrogen (secondary N) is 1. The zero-order valence-corrected chi connectivity index (χ0v) is 13.9. The highest BCUT2D eigenvalue weighted by Gasteiger charge is 2.32. The maximum absolute atomic E-state index is 13.9. The van der Waals surface area contributed by atoms with Crippen molar-refractivity contribution in [1.29, 1.82) is 0 Å². The van der Waals surface area contributed by atoms with Gasteiger partial charge >= 0.3 is 0 Å². The van der Waals surface area contributed by atoms with Crippen LogP contribution in [-0.4, -0.2) is 15.0 Å². The van der Waals surface area contributed by atoms with Gasteiger partial charge in [0.25, 0.3) is 0 Å². The molecule has 3 aromatic rings. The van der Waals surface area contributed by atoms with E-state index in [-0.39, 0.29) is 11.6 Å². The Morgan fingerprint density at radius 2 is 1.69 bits per heavy atom. The van der Waals surface area contributed by atoms with Crippen LogP contribution in [0.25, 0.3) is 11.0 Å². The van der Waals surface area contributed by atoms with E-state index in [1.165, 1.54) is 6.07 Å². The zero-order valence-electron chi connectivity index (χ0n) is 13.1. The van der Waals surface area contributed by atoms with E-state index in [2.05, 4.69) is 5.32 Å². The van der Waals surface area contributed by atoms with Crippen LogP contribution in [0.15, 0.2) is 38.5 Å². The molecule has 136 valence electrons. The molecule has 9 heteroatoms. The van der Waals surface area contributed by atoms with Crippen LogP contribution in [0, 0.1) is 23.3 Å². The highest BCUT2D eigenvalue weighted by atomic mass is 32.2. The van der Waals surface area contributed by atoms with Crippen molar-refractivity contribution < 1.29 is 30.4 Å². The molecule has 0 amide bonds. The molecule has 0 radical (unpaired) electrons. The topological polar surface area (TPSA) is 59.3 Å². The maximum Gasteiger partial charge on any atom is 0.212 e. The van der Waals surface area contributed by atoms with Crippen LogP contribution in [0.4, 0.5) is 17.6 Å². The van der Waals surface area contributed by atoms with Gasteiger partial charge in [-0.15, -0.1) is 0 Å². The van der Waals surface area contributed by atoms with Crippen LogP contribution in [0.3, 0.4) is 0 Å². The normalized spacial score (nSPS) is 14.6. The Labute approximate surface area is 145 Å². The van der Waals surface area contributed by atoms with Crippen LogP contribution in [0.1, 0.15) is 11.3 Å². The quantitative estimate of drug-likeness (QED) is 0.542. The third-order valence-electron chi connectivity index (χ3n) is 4.34. The van der Waals surface area contributed by atoms with Gasteiger partial charge in [-0.2, -0.15) is 0 Å². The summed E-state index contributed by atoms with van der Waals surface area (Å²) in [5.41, 5.74) is 1.15. The number of hydrogen-bond donors (Lipinski definition) is 1. The second-order valence-corrected chi connectivity index (χ2v) is 7.78. The fourth-order valence-electron chi connectivity index (χ4n) is 3.09. The van der Waals surface area contributed by atoms with E-state index in [0.29, 0.717) is 24.1 Å². The van der Waals surface area contributed by atoms with Gasteiger partial charge in [-0.05, 0) is 25.1 Å². The Balaban J connectivity index is 1.92. The van der Waals surface area contributed by atoms with Crippen LogP contribution < -0.4 is 5.32 Å². The summed E-state index contributed by atoms with van der Waals surface area (Å²) in [6.45, 7) is 1.21. The van der Waals surface area contributed by atoms with Crippen molar-refractivity contribution in [3.63, 3.8) is 0 Å². The Morgan fingerprint density at radius 3 is 2.38 bits per heavy atom. The molecule has 4 rings (SSSR count). The number of sulfone groups is 1. The van der Waals surface area contributed by atoms with Crippen molar-refractivity contribution in [2.24, 2.45) is 0 Å². The molecule has 1 aromatic heterocycles. The fourth-order valence-corrected chi connectivity index (χ4v) is 4.50. The van der Waals surface area contributed by atoms with Crippen molar-refractivity contribution in [3.8, 4) is 0 Å². The molecule has 0 atom stereocenters. The zero-order chi connectivity index (χ0) is 18.6. The molecular weight excluding hydrogens is 374 g/mol. The first-order chi connectivity index (χ1) is 12.3. The van der Waals surface area contributed by atoms with Gasteiger partial charge in [-0.25, -0.2) is 26.0 Å². The minimum atomic E-state index is -4.84. The third kappa shape index (κ3) is 2.42. The number of benzene rings is 2. The minimum Gasteiger partial charge on any atom is -0.459 e. The fraction of sp³-hybridized carbons (Fsp3) is 0.176. The summed E-state index contributed by atoms with van der Waals surface area (Å²) in [6, 6.07) is 3.66. The second kappa shape index (κ2) is 5.82. The van der Waals surface area contributed by atoms with Crippen LogP contribution in [-0.2, 0) is 22.8 Å². The molecule has 0 unspecified atom stereocenters. The SMILES string of the molecule is O=S(=O)(c1ccc2c3c(oc2c1)CNCC3)c1c(F)c(F)cc(F)c1F. The minimum absolute atomic E-state index is 0.0412. The summed E-state index contributed by atoms with van der Waals surface area (Å²) in [4.78, 5) is -2.18. The first kappa shape index (κ1) is 17.0. The molecular formula is C17H11F4NO3S. The van der Waals surface area contributed by atoms with E-state index in [0.717, 1.165) is 24.2 Å². The Bertz CT molecular complexity index is 1130.